The molecule has 0 aromatic rings. The van der Waals surface area contributed by atoms with Crippen molar-refractivity contribution >= 4 is 24.2 Å². The van der Waals surface area contributed by atoms with Gasteiger partial charge in [-0.1, -0.05) is 0 Å². The van der Waals surface area contributed by atoms with Gasteiger partial charge in [0, 0.05) is 0 Å². The van der Waals surface area contributed by atoms with Crippen molar-refractivity contribution in [3.8, 4) is 0 Å². The number of halogens is 2. The molecule has 0 aliphatic heterocycles. The van der Waals surface area contributed by atoms with E-state index in [0.717, 1.165) is 0 Å². The van der Waals surface area contributed by atoms with Gasteiger partial charge in [-0.25, -0.2) is 0 Å². The van der Waals surface area contributed by atoms with Gasteiger partial charge in [-0.05, 0) is 0 Å². The molecule has 0 rings (SSSR count). The van der Waals surface area contributed by atoms with Gasteiger partial charge >= 0.3 is 60.3 Å². The summed E-state index contributed by atoms with van der Waals surface area (Å²) >= 11 is 3.14. The van der Waals surface area contributed by atoms with Crippen LogP contribution in [0.5, 0.6) is 0 Å². The summed E-state index contributed by atoms with van der Waals surface area (Å²) in [7, 11) is 0. The van der Waals surface area contributed by atoms with Crippen LogP contribution in [0.2, 0.25) is 19.6 Å². The van der Waals surface area contributed by atoms with Gasteiger partial charge in [0.05, 0.1) is 0 Å². The quantitative estimate of drug-likeness (QED) is 0.338. The Hall–Kier alpha value is 1.68. The van der Waals surface area contributed by atoms with Gasteiger partial charge in [0.1, 0.15) is 0 Å². The molecule has 0 aromatic heterocycles. The third kappa shape index (κ3) is 5.68. The molecule has 3 heteroatoms. The third-order valence-corrected chi connectivity index (χ3v) is 28.9. The monoisotopic (exact) mass is 327 g/mol. The Bertz CT molecular complexity index is 38.5. The maximum absolute atomic E-state index is 2.57. The second-order valence-corrected chi connectivity index (χ2v) is 25.6. The van der Waals surface area contributed by atoms with Crippen molar-refractivity contribution in [2.45, 2.75) is 19.6 Å². The van der Waals surface area contributed by atoms with Gasteiger partial charge in [0.25, 0.3) is 0 Å². The van der Waals surface area contributed by atoms with Crippen LogP contribution in [0.3, 0.4) is 0 Å². The molecular formula is C3H9I2Si-. The summed E-state index contributed by atoms with van der Waals surface area (Å²) in [5.41, 5.74) is -0.535. The summed E-state index contributed by atoms with van der Waals surface area (Å²) in [5, 5.41) is 0. The van der Waals surface area contributed by atoms with Crippen molar-refractivity contribution < 1.29 is 16.4 Å². The van der Waals surface area contributed by atoms with Crippen molar-refractivity contribution in [2.75, 3.05) is 0 Å². The van der Waals surface area contributed by atoms with Crippen LogP contribution < -0.4 is 16.4 Å². The molecule has 0 radical (unpaired) electrons. The molecule has 0 saturated heterocycles. The Morgan fingerprint density at radius 3 is 1.50 bits per heavy atom. The predicted molar refractivity (Wildman–Crippen MR) is 37.4 cm³/mol. The summed E-state index contributed by atoms with van der Waals surface area (Å²) in [6.07, 6.45) is 0. The summed E-state index contributed by atoms with van der Waals surface area (Å²) in [5.74, 6) is 0. The van der Waals surface area contributed by atoms with E-state index in [1.54, 1.807) is 0 Å². The number of hydrogen-bond donors (Lipinski definition) is 0. The fraction of sp³-hybridized carbons (Fsp3) is 1.00. The van der Waals surface area contributed by atoms with Crippen LogP contribution in [0.15, 0.2) is 0 Å². The molecule has 40 valence electrons. The SMILES string of the molecule is C[Si](C)(C)[I-]I. The van der Waals surface area contributed by atoms with Crippen molar-refractivity contribution in [1.29, 1.82) is 0 Å². The molecule has 0 bridgehead atoms. The van der Waals surface area contributed by atoms with Crippen LogP contribution in [-0.2, 0) is 0 Å². The van der Waals surface area contributed by atoms with Crippen LogP contribution >= 0.6 is 18.6 Å². The molecule has 0 aromatic carbocycles. The van der Waals surface area contributed by atoms with Crippen molar-refractivity contribution in [2.24, 2.45) is 0 Å². The molecule has 0 aliphatic rings. The minimum absolute atomic E-state index is 0.535. The average molecular weight is 327 g/mol. The molecular weight excluding hydrogens is 318 g/mol. The predicted octanol–water partition coefficient (Wildman–Crippen LogP) is -0.740. The Labute approximate surface area is 59.6 Å². The summed E-state index contributed by atoms with van der Waals surface area (Å²) in [6, 6.07) is 0. The fourth-order valence-corrected chi connectivity index (χ4v) is 0. The van der Waals surface area contributed by atoms with Crippen LogP contribution in [-0.4, -0.2) is 5.57 Å². The van der Waals surface area contributed by atoms with Crippen molar-refractivity contribution in [3.05, 3.63) is 0 Å². The van der Waals surface area contributed by atoms with Crippen LogP contribution in [0.1, 0.15) is 0 Å². The molecule has 0 spiro atoms. The van der Waals surface area contributed by atoms with E-state index in [-0.39, 0.29) is 0 Å². The first-order valence-electron chi connectivity index (χ1n) is 1.83. The summed E-state index contributed by atoms with van der Waals surface area (Å²) in [4.78, 5) is 0. The second-order valence-electron chi connectivity index (χ2n) is 2.14. The zero-order valence-corrected chi connectivity index (χ0v) is 9.57. The molecule has 0 unspecified atom stereocenters. The van der Waals surface area contributed by atoms with Crippen LogP contribution in [0.25, 0.3) is 0 Å². The van der Waals surface area contributed by atoms with E-state index in [1.807, 2.05) is 0 Å². The van der Waals surface area contributed by atoms with Gasteiger partial charge in [0.2, 0.25) is 0 Å². The first-order valence-corrected chi connectivity index (χ1v) is 14.7. The number of hydrogen-bond acceptors (Lipinski definition) is 0. The van der Waals surface area contributed by atoms with Gasteiger partial charge in [-0.2, -0.15) is 0 Å². The first-order chi connectivity index (χ1) is 2.56. The molecule has 0 nitrogen and oxygen atoms in total. The zero-order valence-electron chi connectivity index (χ0n) is 4.26. The van der Waals surface area contributed by atoms with Crippen LogP contribution in [0, 0.1) is 0 Å². The van der Waals surface area contributed by atoms with E-state index in [4.69, 9.17) is 0 Å². The van der Waals surface area contributed by atoms with Gasteiger partial charge in [0.15, 0.2) is 0 Å². The molecule has 0 aliphatic carbocycles. The maximum atomic E-state index is 2.57. The third-order valence-electron chi connectivity index (χ3n) is 0.214. The molecule has 0 heterocycles. The van der Waals surface area contributed by atoms with E-state index in [0.29, 0.717) is 16.4 Å². The topological polar surface area (TPSA) is 0 Å². The molecule has 0 amide bonds. The van der Waals surface area contributed by atoms with E-state index in [1.165, 1.54) is 0 Å². The fourth-order valence-electron chi connectivity index (χ4n) is 0. The van der Waals surface area contributed by atoms with Gasteiger partial charge in [-0.3, -0.25) is 0 Å². The molecule has 0 fully saturated rings. The van der Waals surface area contributed by atoms with E-state index < -0.39 is 5.57 Å². The molecule has 0 atom stereocenters. The van der Waals surface area contributed by atoms with Gasteiger partial charge < -0.3 is 0 Å². The normalized spacial score (nSPS) is 12.7. The number of rotatable bonds is 1. The van der Waals surface area contributed by atoms with Gasteiger partial charge in [-0.15, -0.1) is 0 Å². The van der Waals surface area contributed by atoms with Crippen LogP contribution in [0.4, 0.5) is 0 Å². The standard InChI is InChI=1S/C3H9I2Si/c1-6(2,3)5-4/h1-3H3/q-1. The van der Waals surface area contributed by atoms with E-state index in [2.05, 4.69) is 38.3 Å². The second kappa shape index (κ2) is 2.86. The van der Waals surface area contributed by atoms with Crippen molar-refractivity contribution in [3.63, 3.8) is 0 Å². The summed E-state index contributed by atoms with van der Waals surface area (Å²) < 4.78 is 0. The van der Waals surface area contributed by atoms with E-state index >= 15 is 0 Å². The first kappa shape index (κ1) is 7.68. The molecule has 0 saturated carbocycles. The van der Waals surface area contributed by atoms with E-state index in [9.17, 15) is 0 Å². The zero-order chi connectivity index (χ0) is 5.21. The Morgan fingerprint density at radius 2 is 1.50 bits per heavy atom. The minimum atomic E-state index is -0.535. The average Bonchev–Trinajstić information content (AvgIpc) is 1.35. The summed E-state index contributed by atoms with van der Waals surface area (Å²) in [6.45, 7) is 7.27. The molecule has 6 heavy (non-hydrogen) atoms. The Morgan fingerprint density at radius 1 is 1.33 bits per heavy atom. The molecule has 0 N–H and O–H groups in total. The van der Waals surface area contributed by atoms with Crippen molar-refractivity contribution in [1.82, 2.24) is 0 Å². The Kier molecular flexibility index (Phi) is 3.66. The Balaban J connectivity index is 3.17.